The van der Waals surface area contributed by atoms with E-state index in [1.165, 1.54) is 19.3 Å². The molecule has 1 aliphatic carbocycles. The molecule has 2 N–H and O–H groups in total. The average Bonchev–Trinajstić information content (AvgIpc) is 3.00. The van der Waals surface area contributed by atoms with Crippen LogP contribution in [0.25, 0.3) is 0 Å². The molecule has 4 heteroatoms. The summed E-state index contributed by atoms with van der Waals surface area (Å²) in [5, 5.41) is 0. The minimum atomic E-state index is 0.493. The molecule has 1 unspecified atom stereocenters. The van der Waals surface area contributed by atoms with Crippen molar-refractivity contribution in [3.8, 4) is 0 Å². The Morgan fingerprint density at radius 2 is 2.27 bits per heavy atom. The van der Waals surface area contributed by atoms with Crippen LogP contribution in [0.1, 0.15) is 31.0 Å². The highest BCUT2D eigenvalue weighted by Crippen LogP contribution is 2.38. The van der Waals surface area contributed by atoms with Gasteiger partial charge in [0.2, 0.25) is 0 Å². The molecule has 4 nitrogen and oxygen atoms in total. The van der Waals surface area contributed by atoms with Crippen molar-refractivity contribution in [3.05, 3.63) is 18.1 Å². The van der Waals surface area contributed by atoms with Crippen LogP contribution in [0.15, 0.2) is 12.3 Å². The molecular formula is C11H16N4. The lowest BCUT2D eigenvalue weighted by Crippen LogP contribution is -2.52. The van der Waals surface area contributed by atoms with E-state index in [4.69, 9.17) is 5.73 Å². The molecule has 1 atom stereocenters. The third-order valence-electron chi connectivity index (χ3n) is 3.31. The topological polar surface area (TPSA) is 55.0 Å². The maximum Gasteiger partial charge on any atom is 0.133 e. The molecule has 0 bridgehead atoms. The van der Waals surface area contributed by atoms with Crippen LogP contribution in [0.5, 0.6) is 0 Å². The predicted octanol–water partition coefficient (Wildman–Crippen LogP) is 0.891. The van der Waals surface area contributed by atoms with Crippen LogP contribution in [0.3, 0.4) is 0 Å². The zero-order chi connectivity index (χ0) is 10.3. The van der Waals surface area contributed by atoms with Crippen LogP contribution in [0.4, 0.5) is 5.82 Å². The molecule has 0 radical (unpaired) electrons. The lowest BCUT2D eigenvalue weighted by atomic mass is 10.0. The molecular weight excluding hydrogens is 188 g/mol. The third-order valence-corrected chi connectivity index (χ3v) is 3.31. The summed E-state index contributed by atoms with van der Waals surface area (Å²) in [6, 6.07) is 2.49. The molecule has 80 valence electrons. The van der Waals surface area contributed by atoms with Crippen molar-refractivity contribution in [2.75, 3.05) is 18.0 Å². The van der Waals surface area contributed by atoms with Crippen molar-refractivity contribution in [2.24, 2.45) is 5.73 Å². The van der Waals surface area contributed by atoms with Crippen molar-refractivity contribution < 1.29 is 0 Å². The molecule has 0 spiro atoms. The standard InChI is InChI=1S/C11H16N4/c12-7-9-4-6-15(9)10-3-5-13-11(14-10)8-1-2-8/h3,5,8-9H,1-2,4,6-7,12H2. The van der Waals surface area contributed by atoms with Gasteiger partial charge in [0.25, 0.3) is 0 Å². The normalized spacial score (nSPS) is 25.1. The fourth-order valence-electron chi connectivity index (χ4n) is 2.05. The van der Waals surface area contributed by atoms with Gasteiger partial charge < -0.3 is 10.6 Å². The summed E-state index contributed by atoms with van der Waals surface area (Å²) >= 11 is 0. The molecule has 1 saturated carbocycles. The van der Waals surface area contributed by atoms with Gasteiger partial charge in [0.15, 0.2) is 0 Å². The zero-order valence-corrected chi connectivity index (χ0v) is 8.76. The number of hydrogen-bond acceptors (Lipinski definition) is 4. The van der Waals surface area contributed by atoms with E-state index in [0.717, 1.165) is 24.7 Å². The maximum absolute atomic E-state index is 5.69. The summed E-state index contributed by atoms with van der Waals surface area (Å²) in [4.78, 5) is 11.2. The first-order chi connectivity index (χ1) is 7.38. The van der Waals surface area contributed by atoms with Gasteiger partial charge in [0.05, 0.1) is 0 Å². The van der Waals surface area contributed by atoms with E-state index in [0.29, 0.717) is 12.0 Å². The number of anilines is 1. The lowest BCUT2D eigenvalue weighted by molar-refractivity contribution is 0.451. The highest BCUT2D eigenvalue weighted by molar-refractivity contribution is 5.42. The van der Waals surface area contributed by atoms with Gasteiger partial charge in [0, 0.05) is 31.2 Å². The molecule has 2 fully saturated rings. The molecule has 0 amide bonds. The van der Waals surface area contributed by atoms with Gasteiger partial charge in [-0.05, 0) is 25.3 Å². The van der Waals surface area contributed by atoms with Crippen LogP contribution in [-0.4, -0.2) is 29.1 Å². The molecule has 2 aliphatic rings. The van der Waals surface area contributed by atoms with Crippen molar-refractivity contribution >= 4 is 5.82 Å². The Morgan fingerprint density at radius 1 is 1.40 bits per heavy atom. The monoisotopic (exact) mass is 204 g/mol. The molecule has 15 heavy (non-hydrogen) atoms. The Kier molecular flexibility index (Phi) is 2.09. The Bertz CT molecular complexity index is 359. The molecule has 2 heterocycles. The van der Waals surface area contributed by atoms with E-state index < -0.39 is 0 Å². The summed E-state index contributed by atoms with van der Waals surface area (Å²) in [6.07, 6.45) is 5.58. The Labute approximate surface area is 89.5 Å². The van der Waals surface area contributed by atoms with Gasteiger partial charge in [-0.1, -0.05) is 0 Å². The second kappa shape index (κ2) is 3.45. The van der Waals surface area contributed by atoms with E-state index in [1.807, 2.05) is 12.3 Å². The number of aromatic nitrogens is 2. The quantitative estimate of drug-likeness (QED) is 0.794. The summed E-state index contributed by atoms with van der Waals surface area (Å²) in [5.41, 5.74) is 5.69. The second-order valence-corrected chi connectivity index (χ2v) is 4.42. The second-order valence-electron chi connectivity index (χ2n) is 4.42. The molecule has 0 aromatic carbocycles. The first-order valence-electron chi connectivity index (χ1n) is 5.68. The van der Waals surface area contributed by atoms with Gasteiger partial charge >= 0.3 is 0 Å². The van der Waals surface area contributed by atoms with Crippen molar-refractivity contribution in [1.82, 2.24) is 9.97 Å². The van der Waals surface area contributed by atoms with Gasteiger partial charge in [0.1, 0.15) is 11.6 Å². The first kappa shape index (κ1) is 9.09. The van der Waals surface area contributed by atoms with Crippen LogP contribution < -0.4 is 10.6 Å². The first-order valence-corrected chi connectivity index (χ1v) is 5.68. The SMILES string of the molecule is NCC1CCN1c1ccnc(C2CC2)n1. The van der Waals surface area contributed by atoms with Crippen LogP contribution in [-0.2, 0) is 0 Å². The Balaban J connectivity index is 1.81. The minimum Gasteiger partial charge on any atom is -0.352 e. The smallest absolute Gasteiger partial charge is 0.133 e. The molecule has 3 rings (SSSR count). The van der Waals surface area contributed by atoms with Crippen molar-refractivity contribution in [2.45, 2.75) is 31.2 Å². The van der Waals surface area contributed by atoms with Crippen LogP contribution in [0.2, 0.25) is 0 Å². The van der Waals surface area contributed by atoms with E-state index in [9.17, 15) is 0 Å². The highest BCUT2D eigenvalue weighted by Gasteiger charge is 2.30. The predicted molar refractivity (Wildman–Crippen MR) is 58.8 cm³/mol. The largest absolute Gasteiger partial charge is 0.352 e. The van der Waals surface area contributed by atoms with Gasteiger partial charge in [-0.15, -0.1) is 0 Å². The van der Waals surface area contributed by atoms with Gasteiger partial charge in [-0.25, -0.2) is 9.97 Å². The molecule has 1 aromatic rings. The fraction of sp³-hybridized carbons (Fsp3) is 0.636. The van der Waals surface area contributed by atoms with E-state index in [-0.39, 0.29) is 0 Å². The fourth-order valence-corrected chi connectivity index (χ4v) is 2.05. The minimum absolute atomic E-state index is 0.493. The van der Waals surface area contributed by atoms with E-state index >= 15 is 0 Å². The zero-order valence-electron chi connectivity index (χ0n) is 8.76. The van der Waals surface area contributed by atoms with Crippen molar-refractivity contribution in [3.63, 3.8) is 0 Å². The van der Waals surface area contributed by atoms with Crippen LogP contribution in [0, 0.1) is 0 Å². The third kappa shape index (κ3) is 1.59. The number of hydrogen-bond donors (Lipinski definition) is 1. The molecule has 1 aromatic heterocycles. The average molecular weight is 204 g/mol. The summed E-state index contributed by atoms with van der Waals surface area (Å²) in [5.74, 6) is 2.71. The van der Waals surface area contributed by atoms with Gasteiger partial charge in [-0.2, -0.15) is 0 Å². The summed E-state index contributed by atoms with van der Waals surface area (Å²) in [6.45, 7) is 1.81. The highest BCUT2D eigenvalue weighted by atomic mass is 15.3. The van der Waals surface area contributed by atoms with Crippen molar-refractivity contribution in [1.29, 1.82) is 0 Å². The van der Waals surface area contributed by atoms with Crippen LogP contribution >= 0.6 is 0 Å². The van der Waals surface area contributed by atoms with E-state index in [2.05, 4.69) is 14.9 Å². The maximum atomic E-state index is 5.69. The van der Waals surface area contributed by atoms with E-state index in [1.54, 1.807) is 0 Å². The summed E-state index contributed by atoms with van der Waals surface area (Å²) < 4.78 is 0. The molecule has 1 saturated heterocycles. The number of nitrogens with two attached hydrogens (primary N) is 1. The summed E-state index contributed by atoms with van der Waals surface area (Å²) in [7, 11) is 0. The number of nitrogens with zero attached hydrogens (tertiary/aromatic N) is 3. The Hall–Kier alpha value is -1.16. The molecule has 1 aliphatic heterocycles. The Morgan fingerprint density at radius 3 is 2.87 bits per heavy atom. The van der Waals surface area contributed by atoms with Gasteiger partial charge in [-0.3, -0.25) is 0 Å². The lowest BCUT2D eigenvalue weighted by Gasteiger charge is -2.41. The number of rotatable bonds is 3.